The highest BCUT2D eigenvalue weighted by molar-refractivity contribution is 9.10. The van der Waals surface area contributed by atoms with Gasteiger partial charge in [-0.2, -0.15) is 0 Å². The first-order chi connectivity index (χ1) is 9.51. The van der Waals surface area contributed by atoms with Crippen molar-refractivity contribution in [1.82, 2.24) is 0 Å². The molecule has 0 aliphatic heterocycles. The van der Waals surface area contributed by atoms with Crippen molar-refractivity contribution in [2.75, 3.05) is 0 Å². The van der Waals surface area contributed by atoms with Crippen molar-refractivity contribution in [1.29, 1.82) is 0 Å². The first kappa shape index (κ1) is 15.0. The molecular weight excluding hydrogens is 367 g/mol. The van der Waals surface area contributed by atoms with Crippen molar-refractivity contribution < 1.29 is 9.94 Å². The maximum absolute atomic E-state index is 8.79. The Hall–Kier alpha value is -1.43. The number of nitrogens with zero attached hydrogens (tertiary/aromatic N) is 1. The number of hydrogen-bond donors (Lipinski definition) is 2. The average Bonchev–Trinajstić information content (AvgIpc) is 2.42. The molecule has 0 saturated carbocycles. The monoisotopic (exact) mass is 374 g/mol. The van der Waals surface area contributed by atoms with Crippen molar-refractivity contribution in [2.45, 2.75) is 0 Å². The first-order valence-electron chi connectivity index (χ1n) is 5.41. The summed E-state index contributed by atoms with van der Waals surface area (Å²) >= 11 is 15.3. The molecule has 0 spiro atoms. The van der Waals surface area contributed by atoms with Crippen molar-refractivity contribution in [3.05, 3.63) is 56.5 Å². The zero-order valence-corrected chi connectivity index (χ0v) is 13.1. The third-order valence-electron chi connectivity index (χ3n) is 2.44. The summed E-state index contributed by atoms with van der Waals surface area (Å²) in [6, 6.07) is 9.96. The van der Waals surface area contributed by atoms with Gasteiger partial charge in [-0.25, -0.2) is 0 Å². The van der Waals surface area contributed by atoms with E-state index < -0.39 is 0 Å². The number of halogens is 3. The lowest BCUT2D eigenvalue weighted by Gasteiger charge is -2.12. The van der Waals surface area contributed by atoms with Gasteiger partial charge < -0.3 is 15.7 Å². The molecule has 0 bridgehead atoms. The molecular formula is C13H9BrCl2N2O2. The van der Waals surface area contributed by atoms with Crippen molar-refractivity contribution in [3.63, 3.8) is 0 Å². The van der Waals surface area contributed by atoms with Gasteiger partial charge in [0, 0.05) is 15.6 Å². The summed E-state index contributed by atoms with van der Waals surface area (Å²) in [5.74, 6) is 0.686. The third kappa shape index (κ3) is 3.36. The predicted molar refractivity (Wildman–Crippen MR) is 83.2 cm³/mol. The van der Waals surface area contributed by atoms with E-state index in [0.717, 1.165) is 4.47 Å². The van der Waals surface area contributed by atoms with E-state index in [9.17, 15) is 0 Å². The van der Waals surface area contributed by atoms with Crippen LogP contribution in [0.25, 0.3) is 0 Å². The number of amidine groups is 1. The summed E-state index contributed by atoms with van der Waals surface area (Å²) in [6.07, 6.45) is 0. The number of ether oxygens (including phenoxy) is 1. The topological polar surface area (TPSA) is 67.8 Å². The second kappa shape index (κ2) is 6.35. The number of nitrogens with two attached hydrogens (primary N) is 1. The fourth-order valence-corrected chi connectivity index (χ4v) is 2.18. The average molecular weight is 376 g/mol. The van der Waals surface area contributed by atoms with Crippen LogP contribution in [-0.4, -0.2) is 11.0 Å². The van der Waals surface area contributed by atoms with Gasteiger partial charge >= 0.3 is 0 Å². The van der Waals surface area contributed by atoms with Crippen LogP contribution in [0.3, 0.4) is 0 Å². The molecule has 2 aromatic rings. The van der Waals surface area contributed by atoms with E-state index in [4.69, 9.17) is 38.9 Å². The van der Waals surface area contributed by atoms with E-state index in [1.165, 1.54) is 0 Å². The van der Waals surface area contributed by atoms with Gasteiger partial charge in [0.1, 0.15) is 11.5 Å². The molecule has 4 nitrogen and oxygen atoms in total. The Morgan fingerprint density at radius 1 is 1.15 bits per heavy atom. The first-order valence-corrected chi connectivity index (χ1v) is 6.96. The minimum atomic E-state index is -0.0808. The molecule has 0 aliphatic rings. The molecule has 7 heteroatoms. The molecule has 0 amide bonds. The minimum Gasteiger partial charge on any atom is -0.455 e. The molecule has 104 valence electrons. The van der Waals surface area contributed by atoms with Crippen LogP contribution in [0, 0.1) is 0 Å². The van der Waals surface area contributed by atoms with Crippen LogP contribution in [-0.2, 0) is 0 Å². The van der Waals surface area contributed by atoms with Gasteiger partial charge in [0.05, 0.1) is 10.6 Å². The van der Waals surface area contributed by atoms with E-state index in [0.29, 0.717) is 27.1 Å². The predicted octanol–water partition coefficient (Wildman–Crippen LogP) is 4.64. The number of benzene rings is 2. The van der Waals surface area contributed by atoms with Crippen LogP contribution in [0.2, 0.25) is 10.0 Å². The fraction of sp³-hybridized carbons (Fsp3) is 0. The lowest BCUT2D eigenvalue weighted by Crippen LogP contribution is -2.14. The number of oxime groups is 1. The molecule has 0 aromatic heterocycles. The van der Waals surface area contributed by atoms with E-state index in [1.54, 1.807) is 36.4 Å². The van der Waals surface area contributed by atoms with Gasteiger partial charge in [0.25, 0.3) is 0 Å². The normalized spacial score (nSPS) is 11.4. The Morgan fingerprint density at radius 2 is 1.90 bits per heavy atom. The van der Waals surface area contributed by atoms with E-state index in [2.05, 4.69) is 21.1 Å². The number of hydrogen-bond acceptors (Lipinski definition) is 3. The van der Waals surface area contributed by atoms with Gasteiger partial charge in [-0.1, -0.05) is 44.3 Å². The zero-order chi connectivity index (χ0) is 14.7. The Labute approximate surface area is 133 Å². The standard InChI is InChI=1S/C13H9BrCl2N2O2/c14-7-1-4-10(16)12(5-7)20-11-6-8(15)2-3-9(11)13(17)18-19/h1-6,19H,(H2,17,18). The third-order valence-corrected chi connectivity index (χ3v) is 3.48. The SMILES string of the molecule is NC(=NO)c1ccc(Cl)cc1Oc1cc(Br)ccc1Cl. The summed E-state index contributed by atoms with van der Waals surface area (Å²) in [6.45, 7) is 0. The maximum Gasteiger partial charge on any atom is 0.173 e. The highest BCUT2D eigenvalue weighted by atomic mass is 79.9. The molecule has 2 aromatic carbocycles. The summed E-state index contributed by atoms with van der Waals surface area (Å²) in [5.41, 5.74) is 6.01. The second-order valence-electron chi connectivity index (χ2n) is 3.80. The minimum absolute atomic E-state index is 0.0808. The lowest BCUT2D eigenvalue weighted by molar-refractivity contribution is 0.318. The molecule has 20 heavy (non-hydrogen) atoms. The van der Waals surface area contributed by atoms with E-state index in [-0.39, 0.29) is 5.84 Å². The Balaban J connectivity index is 2.47. The van der Waals surface area contributed by atoms with Gasteiger partial charge in [-0.05, 0) is 30.3 Å². The smallest absolute Gasteiger partial charge is 0.173 e. The molecule has 0 radical (unpaired) electrons. The lowest BCUT2D eigenvalue weighted by atomic mass is 10.2. The van der Waals surface area contributed by atoms with Crippen molar-refractivity contribution in [2.24, 2.45) is 10.9 Å². The highest BCUT2D eigenvalue weighted by Crippen LogP contribution is 2.34. The highest BCUT2D eigenvalue weighted by Gasteiger charge is 2.12. The second-order valence-corrected chi connectivity index (χ2v) is 5.56. The Bertz CT molecular complexity index is 677. The molecule has 0 saturated heterocycles. The van der Waals surface area contributed by atoms with Gasteiger partial charge in [0.15, 0.2) is 5.84 Å². The van der Waals surface area contributed by atoms with Crippen LogP contribution < -0.4 is 10.5 Å². The van der Waals surface area contributed by atoms with Crippen LogP contribution >= 0.6 is 39.1 Å². The largest absolute Gasteiger partial charge is 0.455 e. The maximum atomic E-state index is 8.79. The quantitative estimate of drug-likeness (QED) is 0.355. The molecule has 0 atom stereocenters. The van der Waals surface area contributed by atoms with Crippen molar-refractivity contribution in [3.8, 4) is 11.5 Å². The molecule has 2 rings (SSSR count). The molecule has 0 fully saturated rings. The fourth-order valence-electron chi connectivity index (χ4n) is 1.52. The van der Waals surface area contributed by atoms with Crippen LogP contribution in [0.15, 0.2) is 46.0 Å². The van der Waals surface area contributed by atoms with Crippen LogP contribution in [0.4, 0.5) is 0 Å². The molecule has 0 unspecified atom stereocenters. The summed E-state index contributed by atoms with van der Waals surface area (Å²) in [5, 5.41) is 12.6. The Kier molecular flexibility index (Phi) is 4.75. The van der Waals surface area contributed by atoms with Gasteiger partial charge in [0.2, 0.25) is 0 Å². The van der Waals surface area contributed by atoms with E-state index >= 15 is 0 Å². The number of rotatable bonds is 3. The summed E-state index contributed by atoms with van der Waals surface area (Å²) < 4.78 is 6.52. The molecule has 0 heterocycles. The van der Waals surface area contributed by atoms with Crippen LogP contribution in [0.5, 0.6) is 11.5 Å². The Morgan fingerprint density at radius 3 is 2.60 bits per heavy atom. The van der Waals surface area contributed by atoms with Gasteiger partial charge in [-0.15, -0.1) is 0 Å². The zero-order valence-electron chi connectivity index (χ0n) is 9.98. The van der Waals surface area contributed by atoms with Crippen molar-refractivity contribution >= 4 is 45.0 Å². The summed E-state index contributed by atoms with van der Waals surface area (Å²) in [7, 11) is 0. The van der Waals surface area contributed by atoms with E-state index in [1.807, 2.05) is 0 Å². The van der Waals surface area contributed by atoms with Gasteiger partial charge in [-0.3, -0.25) is 0 Å². The molecule has 3 N–H and O–H groups in total. The van der Waals surface area contributed by atoms with Crippen LogP contribution in [0.1, 0.15) is 5.56 Å². The molecule has 0 aliphatic carbocycles. The summed E-state index contributed by atoms with van der Waals surface area (Å²) in [4.78, 5) is 0.